The maximum absolute atomic E-state index is 11.8. The number of nitrogens with zero attached hydrogens (tertiary/aromatic N) is 3. The molecule has 0 atom stereocenters. The predicted octanol–water partition coefficient (Wildman–Crippen LogP) is 2.26. The zero-order chi connectivity index (χ0) is 16.2. The van der Waals surface area contributed by atoms with E-state index in [1.165, 1.54) is 24.4 Å². The summed E-state index contributed by atoms with van der Waals surface area (Å²) < 4.78 is 8.20. The van der Waals surface area contributed by atoms with E-state index in [9.17, 15) is 15.0 Å². The van der Waals surface area contributed by atoms with Crippen molar-refractivity contribution in [1.82, 2.24) is 14.2 Å². The SMILES string of the molecule is O=C(N/N=C/c1cc(O)cc(O)c1)Nc1cccc2nsnc12. The normalized spacial score (nSPS) is 11.0. The third kappa shape index (κ3) is 3.52. The molecular formula is C14H11N5O3S. The number of nitrogens with one attached hydrogen (secondary N) is 2. The van der Waals surface area contributed by atoms with Crippen molar-refractivity contribution in [3.8, 4) is 11.5 Å². The van der Waals surface area contributed by atoms with Crippen molar-refractivity contribution in [2.24, 2.45) is 5.10 Å². The van der Waals surface area contributed by atoms with E-state index in [1.807, 2.05) is 0 Å². The van der Waals surface area contributed by atoms with Crippen LogP contribution in [0.5, 0.6) is 11.5 Å². The second-order valence-corrected chi connectivity index (χ2v) is 5.07. The van der Waals surface area contributed by atoms with Gasteiger partial charge in [-0.2, -0.15) is 13.8 Å². The molecule has 0 fully saturated rings. The molecule has 0 spiro atoms. The van der Waals surface area contributed by atoms with E-state index in [0.29, 0.717) is 22.3 Å². The van der Waals surface area contributed by atoms with Crippen LogP contribution in [0.4, 0.5) is 10.5 Å². The van der Waals surface area contributed by atoms with Gasteiger partial charge in [-0.15, -0.1) is 0 Å². The molecule has 0 radical (unpaired) electrons. The minimum atomic E-state index is -0.550. The second-order valence-electron chi connectivity index (χ2n) is 4.54. The zero-order valence-electron chi connectivity index (χ0n) is 11.6. The molecule has 0 aliphatic heterocycles. The molecule has 116 valence electrons. The highest BCUT2D eigenvalue weighted by Gasteiger charge is 2.07. The Morgan fingerprint density at radius 2 is 1.96 bits per heavy atom. The minimum Gasteiger partial charge on any atom is -0.508 e. The monoisotopic (exact) mass is 329 g/mol. The number of anilines is 1. The van der Waals surface area contributed by atoms with Gasteiger partial charge in [-0.05, 0) is 24.3 Å². The molecule has 9 heteroatoms. The van der Waals surface area contributed by atoms with E-state index in [0.717, 1.165) is 11.7 Å². The number of fused-ring (bicyclic) bond motifs is 1. The number of phenols is 2. The lowest BCUT2D eigenvalue weighted by molar-refractivity contribution is 0.252. The Labute approximate surface area is 134 Å². The number of carbonyl (C=O) groups is 1. The maximum atomic E-state index is 11.8. The lowest BCUT2D eigenvalue weighted by atomic mass is 10.2. The van der Waals surface area contributed by atoms with Gasteiger partial charge in [0.05, 0.1) is 23.6 Å². The van der Waals surface area contributed by atoms with Crippen molar-refractivity contribution in [3.05, 3.63) is 42.0 Å². The fourth-order valence-corrected chi connectivity index (χ4v) is 2.46. The highest BCUT2D eigenvalue weighted by atomic mass is 32.1. The van der Waals surface area contributed by atoms with Gasteiger partial charge in [-0.1, -0.05) is 6.07 Å². The van der Waals surface area contributed by atoms with Crippen LogP contribution >= 0.6 is 11.7 Å². The molecule has 2 amide bonds. The number of carbonyl (C=O) groups excluding carboxylic acids is 1. The molecule has 1 heterocycles. The van der Waals surface area contributed by atoms with E-state index < -0.39 is 6.03 Å². The number of rotatable bonds is 3. The Kier molecular flexibility index (Phi) is 4.02. The Hall–Kier alpha value is -3.20. The van der Waals surface area contributed by atoms with Gasteiger partial charge in [0, 0.05) is 11.6 Å². The van der Waals surface area contributed by atoms with Crippen LogP contribution in [0.1, 0.15) is 5.56 Å². The topological polar surface area (TPSA) is 120 Å². The molecule has 2 aromatic carbocycles. The first-order valence-corrected chi connectivity index (χ1v) is 7.19. The van der Waals surface area contributed by atoms with Crippen LogP contribution in [-0.4, -0.2) is 31.2 Å². The van der Waals surface area contributed by atoms with Crippen LogP contribution in [0.2, 0.25) is 0 Å². The van der Waals surface area contributed by atoms with Gasteiger partial charge >= 0.3 is 6.03 Å². The van der Waals surface area contributed by atoms with Crippen LogP contribution in [0, 0.1) is 0 Å². The largest absolute Gasteiger partial charge is 0.508 e. The van der Waals surface area contributed by atoms with Crippen LogP contribution in [0.3, 0.4) is 0 Å². The van der Waals surface area contributed by atoms with Crippen molar-refractivity contribution < 1.29 is 15.0 Å². The van der Waals surface area contributed by atoms with Gasteiger partial charge in [0.2, 0.25) is 0 Å². The Balaban J connectivity index is 1.65. The van der Waals surface area contributed by atoms with Gasteiger partial charge in [-0.3, -0.25) is 0 Å². The molecule has 3 rings (SSSR count). The van der Waals surface area contributed by atoms with Crippen LogP contribution < -0.4 is 10.7 Å². The number of urea groups is 1. The zero-order valence-corrected chi connectivity index (χ0v) is 12.4. The summed E-state index contributed by atoms with van der Waals surface area (Å²) in [6.07, 6.45) is 1.30. The maximum Gasteiger partial charge on any atom is 0.339 e. The summed E-state index contributed by atoms with van der Waals surface area (Å²) in [4.78, 5) is 11.8. The number of hydrogen-bond acceptors (Lipinski definition) is 7. The first-order chi connectivity index (χ1) is 11.1. The van der Waals surface area contributed by atoms with Crippen molar-refractivity contribution in [1.29, 1.82) is 0 Å². The van der Waals surface area contributed by atoms with E-state index >= 15 is 0 Å². The van der Waals surface area contributed by atoms with Gasteiger partial charge in [0.1, 0.15) is 22.5 Å². The van der Waals surface area contributed by atoms with E-state index in [2.05, 4.69) is 24.6 Å². The number of benzene rings is 2. The summed E-state index contributed by atoms with van der Waals surface area (Å²) in [7, 11) is 0. The minimum absolute atomic E-state index is 0.0985. The smallest absolute Gasteiger partial charge is 0.339 e. The molecule has 4 N–H and O–H groups in total. The third-order valence-corrected chi connectivity index (χ3v) is 3.38. The lowest BCUT2D eigenvalue weighted by Crippen LogP contribution is -2.24. The second kappa shape index (κ2) is 6.28. The summed E-state index contributed by atoms with van der Waals surface area (Å²) in [5.41, 5.74) is 4.56. The fourth-order valence-electron chi connectivity index (χ4n) is 1.92. The Morgan fingerprint density at radius 1 is 1.17 bits per heavy atom. The van der Waals surface area contributed by atoms with Crippen LogP contribution in [-0.2, 0) is 0 Å². The van der Waals surface area contributed by atoms with Gasteiger partial charge in [0.25, 0.3) is 0 Å². The highest BCUT2D eigenvalue weighted by Crippen LogP contribution is 2.21. The van der Waals surface area contributed by atoms with Crippen molar-refractivity contribution in [3.63, 3.8) is 0 Å². The molecule has 0 unspecified atom stereocenters. The molecular weight excluding hydrogens is 318 g/mol. The standard InChI is InChI=1S/C14H11N5O3S/c20-9-4-8(5-10(21)6-9)7-15-17-14(22)16-11-2-1-3-12-13(11)19-23-18-12/h1-7,20-21H,(H2,16,17,22)/b15-7+. The molecule has 8 nitrogen and oxygen atoms in total. The van der Waals surface area contributed by atoms with Gasteiger partial charge in [0.15, 0.2) is 0 Å². The summed E-state index contributed by atoms with van der Waals surface area (Å²) in [6.45, 7) is 0. The average molecular weight is 329 g/mol. The predicted molar refractivity (Wildman–Crippen MR) is 86.9 cm³/mol. The molecule has 0 aliphatic rings. The van der Waals surface area contributed by atoms with Crippen LogP contribution in [0.25, 0.3) is 11.0 Å². The van der Waals surface area contributed by atoms with Gasteiger partial charge in [-0.25, -0.2) is 10.2 Å². The molecule has 1 aromatic heterocycles. The number of amides is 2. The quantitative estimate of drug-likeness (QED) is 0.434. The summed E-state index contributed by atoms with van der Waals surface area (Å²) in [6, 6.07) is 8.70. The van der Waals surface area contributed by atoms with Crippen molar-refractivity contribution in [2.45, 2.75) is 0 Å². The van der Waals surface area contributed by atoms with E-state index in [1.54, 1.807) is 18.2 Å². The van der Waals surface area contributed by atoms with E-state index in [-0.39, 0.29) is 11.5 Å². The van der Waals surface area contributed by atoms with Crippen molar-refractivity contribution >= 4 is 40.7 Å². The number of hydrogen-bond donors (Lipinski definition) is 4. The molecule has 23 heavy (non-hydrogen) atoms. The highest BCUT2D eigenvalue weighted by molar-refractivity contribution is 7.00. The summed E-state index contributed by atoms with van der Waals surface area (Å²) in [5.74, 6) is -0.197. The number of aromatic nitrogens is 2. The number of hydrazone groups is 1. The fraction of sp³-hybridized carbons (Fsp3) is 0. The molecule has 3 aromatic rings. The molecule has 0 bridgehead atoms. The molecule has 0 saturated heterocycles. The average Bonchev–Trinajstić information content (AvgIpc) is 2.96. The third-order valence-electron chi connectivity index (χ3n) is 2.84. The Bertz CT molecular complexity index is 873. The molecule has 0 aliphatic carbocycles. The summed E-state index contributed by atoms with van der Waals surface area (Å²) >= 11 is 1.06. The van der Waals surface area contributed by atoms with Gasteiger partial charge < -0.3 is 15.5 Å². The van der Waals surface area contributed by atoms with Crippen LogP contribution in [0.15, 0.2) is 41.5 Å². The first kappa shape index (κ1) is 14.7. The van der Waals surface area contributed by atoms with Crippen molar-refractivity contribution in [2.75, 3.05) is 5.32 Å². The number of aromatic hydroxyl groups is 2. The summed E-state index contributed by atoms with van der Waals surface area (Å²) in [5, 5.41) is 25.1. The van der Waals surface area contributed by atoms with E-state index in [4.69, 9.17) is 0 Å². The molecule has 0 saturated carbocycles. The lowest BCUT2D eigenvalue weighted by Gasteiger charge is -2.04. The Morgan fingerprint density at radius 3 is 2.74 bits per heavy atom. The first-order valence-electron chi connectivity index (χ1n) is 6.46. The number of phenolic OH excluding ortho intramolecular Hbond substituents is 2.